The zero-order valence-corrected chi connectivity index (χ0v) is 15.1. The fraction of sp³-hybridized carbons (Fsp3) is 0.625. The Bertz CT molecular complexity index is 671. The molecule has 1 aromatic rings. The Morgan fingerprint density at radius 1 is 1.39 bits per heavy atom. The number of fused-ring (bicyclic) bond motifs is 1. The van der Waals surface area contributed by atoms with Crippen molar-refractivity contribution >= 4 is 10.0 Å². The summed E-state index contributed by atoms with van der Waals surface area (Å²) < 4.78 is 36.7. The molecule has 130 valence electrons. The van der Waals surface area contributed by atoms with Crippen LogP contribution in [0.25, 0.3) is 0 Å². The summed E-state index contributed by atoms with van der Waals surface area (Å²) in [4.78, 5) is 0. The van der Waals surface area contributed by atoms with Gasteiger partial charge in [0.2, 0.25) is 10.0 Å². The van der Waals surface area contributed by atoms with Crippen LogP contribution in [-0.4, -0.2) is 49.4 Å². The van der Waals surface area contributed by atoms with Crippen molar-refractivity contribution in [3.05, 3.63) is 23.8 Å². The van der Waals surface area contributed by atoms with E-state index in [1.807, 2.05) is 6.92 Å². The van der Waals surface area contributed by atoms with Crippen molar-refractivity contribution in [1.29, 1.82) is 0 Å². The number of aliphatic hydroxyl groups excluding tert-OH is 1. The van der Waals surface area contributed by atoms with Crippen LogP contribution in [0.1, 0.15) is 38.8 Å². The Morgan fingerprint density at radius 3 is 2.61 bits per heavy atom. The van der Waals surface area contributed by atoms with Crippen LogP contribution in [0, 0.1) is 0 Å². The lowest BCUT2D eigenvalue weighted by Gasteiger charge is -2.44. The Hall–Kier alpha value is -1.31. The highest BCUT2D eigenvalue weighted by Crippen LogP contribution is 2.44. The van der Waals surface area contributed by atoms with Crippen LogP contribution in [0.2, 0.25) is 0 Å². The molecule has 23 heavy (non-hydrogen) atoms. The fourth-order valence-electron chi connectivity index (χ4n) is 2.66. The first-order valence-electron chi connectivity index (χ1n) is 7.64. The number of aliphatic hydroxyl groups is 1. The van der Waals surface area contributed by atoms with Crippen molar-refractivity contribution in [3.63, 3.8) is 0 Å². The lowest BCUT2D eigenvalue weighted by molar-refractivity contribution is -0.0763. The molecule has 0 bridgehead atoms. The van der Waals surface area contributed by atoms with E-state index in [1.54, 1.807) is 32.0 Å². The van der Waals surface area contributed by atoms with Crippen LogP contribution in [-0.2, 0) is 10.0 Å². The second-order valence-corrected chi connectivity index (χ2v) is 8.46. The zero-order valence-electron chi connectivity index (χ0n) is 14.2. The molecule has 0 aliphatic carbocycles. The van der Waals surface area contributed by atoms with Crippen molar-refractivity contribution in [1.82, 2.24) is 4.31 Å². The van der Waals surface area contributed by atoms with Gasteiger partial charge in [-0.1, -0.05) is 6.92 Å². The van der Waals surface area contributed by atoms with Gasteiger partial charge in [-0.15, -0.1) is 0 Å². The SMILES string of the molecule is CCCOc1ccc2c(c1)[C@H](N(C)S(C)(=O)=O)[C@@H](O)C(C)(C)O2. The van der Waals surface area contributed by atoms with E-state index < -0.39 is 27.8 Å². The maximum atomic E-state index is 12.0. The number of hydrogen-bond acceptors (Lipinski definition) is 5. The van der Waals surface area contributed by atoms with Gasteiger partial charge in [0.15, 0.2) is 0 Å². The standard InChI is InChI=1S/C16H25NO5S/c1-6-9-21-11-7-8-13-12(10-11)14(17(4)23(5,19)20)15(18)16(2,3)22-13/h7-8,10,14-15,18H,6,9H2,1-5H3/t14-,15+/m0/s1. The van der Waals surface area contributed by atoms with Gasteiger partial charge >= 0.3 is 0 Å². The smallest absolute Gasteiger partial charge is 0.211 e. The third-order valence-corrected chi connectivity index (χ3v) is 5.35. The Balaban J connectivity index is 2.52. The molecular weight excluding hydrogens is 318 g/mol. The van der Waals surface area contributed by atoms with Crippen LogP contribution < -0.4 is 9.47 Å². The molecular formula is C16H25NO5S. The highest BCUT2D eigenvalue weighted by molar-refractivity contribution is 7.88. The Labute approximate surface area is 138 Å². The van der Waals surface area contributed by atoms with Crippen molar-refractivity contribution in [3.8, 4) is 11.5 Å². The summed E-state index contributed by atoms with van der Waals surface area (Å²) in [5.74, 6) is 1.19. The monoisotopic (exact) mass is 343 g/mol. The summed E-state index contributed by atoms with van der Waals surface area (Å²) in [6.45, 7) is 6.06. The van der Waals surface area contributed by atoms with Crippen LogP contribution in [0.15, 0.2) is 18.2 Å². The lowest BCUT2D eigenvalue weighted by atomic mass is 9.86. The van der Waals surface area contributed by atoms with E-state index in [0.29, 0.717) is 23.7 Å². The molecule has 6 nitrogen and oxygen atoms in total. The normalized spacial score (nSPS) is 23.3. The van der Waals surface area contributed by atoms with Crippen molar-refractivity contribution in [2.24, 2.45) is 0 Å². The Kier molecular flexibility index (Phi) is 4.94. The second kappa shape index (κ2) is 6.30. The number of sulfonamides is 1. The number of rotatable bonds is 5. The predicted molar refractivity (Wildman–Crippen MR) is 88.3 cm³/mol. The number of nitrogens with zero attached hydrogens (tertiary/aromatic N) is 1. The molecule has 0 amide bonds. The first kappa shape index (κ1) is 18.0. The number of likely N-dealkylation sites (N-methyl/N-ethyl adjacent to an activating group) is 1. The number of hydrogen-bond donors (Lipinski definition) is 1. The van der Waals surface area contributed by atoms with Gasteiger partial charge in [0, 0.05) is 12.6 Å². The molecule has 0 saturated carbocycles. The molecule has 7 heteroatoms. The topological polar surface area (TPSA) is 76.1 Å². The van der Waals surface area contributed by atoms with E-state index in [1.165, 1.54) is 11.4 Å². The highest BCUT2D eigenvalue weighted by Gasteiger charge is 2.46. The van der Waals surface area contributed by atoms with Gasteiger partial charge in [0.25, 0.3) is 0 Å². The molecule has 0 radical (unpaired) electrons. The fourth-order valence-corrected chi connectivity index (χ4v) is 3.30. The quantitative estimate of drug-likeness (QED) is 0.884. The molecule has 0 saturated heterocycles. The number of ether oxygens (including phenoxy) is 2. The molecule has 0 aromatic heterocycles. The third-order valence-electron chi connectivity index (χ3n) is 4.07. The van der Waals surface area contributed by atoms with E-state index in [-0.39, 0.29) is 0 Å². The van der Waals surface area contributed by atoms with Crippen molar-refractivity contribution < 1.29 is 23.0 Å². The highest BCUT2D eigenvalue weighted by atomic mass is 32.2. The first-order chi connectivity index (χ1) is 10.6. The molecule has 0 spiro atoms. The van der Waals surface area contributed by atoms with Crippen LogP contribution >= 0.6 is 0 Å². The minimum Gasteiger partial charge on any atom is -0.494 e. The summed E-state index contributed by atoms with van der Waals surface area (Å²) in [5.41, 5.74) is -0.291. The summed E-state index contributed by atoms with van der Waals surface area (Å²) in [6.07, 6.45) is 0.992. The molecule has 1 heterocycles. The van der Waals surface area contributed by atoms with Gasteiger partial charge in [0.05, 0.1) is 18.9 Å². The summed E-state index contributed by atoms with van der Waals surface area (Å²) >= 11 is 0. The van der Waals surface area contributed by atoms with E-state index in [4.69, 9.17) is 9.47 Å². The summed E-state index contributed by atoms with van der Waals surface area (Å²) in [6, 6.07) is 4.57. The maximum Gasteiger partial charge on any atom is 0.211 e. The van der Waals surface area contributed by atoms with E-state index in [2.05, 4.69) is 0 Å². The van der Waals surface area contributed by atoms with Gasteiger partial charge in [-0.2, -0.15) is 4.31 Å². The van der Waals surface area contributed by atoms with Gasteiger partial charge in [0.1, 0.15) is 23.2 Å². The lowest BCUT2D eigenvalue weighted by Crippen LogP contribution is -2.53. The molecule has 0 fully saturated rings. The Morgan fingerprint density at radius 2 is 2.04 bits per heavy atom. The van der Waals surface area contributed by atoms with Gasteiger partial charge in [-0.25, -0.2) is 8.42 Å². The van der Waals surface area contributed by atoms with Crippen LogP contribution in [0.4, 0.5) is 0 Å². The van der Waals surface area contributed by atoms with Gasteiger partial charge in [-0.05, 0) is 38.5 Å². The molecule has 0 unspecified atom stereocenters. The van der Waals surface area contributed by atoms with E-state index in [9.17, 15) is 13.5 Å². The average Bonchev–Trinajstić information content (AvgIpc) is 2.45. The largest absolute Gasteiger partial charge is 0.494 e. The number of benzene rings is 1. The third kappa shape index (κ3) is 3.62. The van der Waals surface area contributed by atoms with Crippen LogP contribution in [0.5, 0.6) is 11.5 Å². The van der Waals surface area contributed by atoms with E-state index >= 15 is 0 Å². The maximum absolute atomic E-state index is 12.0. The molecule has 2 atom stereocenters. The molecule has 2 rings (SSSR count). The minimum atomic E-state index is -3.48. The van der Waals surface area contributed by atoms with Gasteiger partial charge in [-0.3, -0.25) is 0 Å². The van der Waals surface area contributed by atoms with E-state index in [0.717, 1.165) is 12.7 Å². The minimum absolute atomic E-state index is 0.560. The van der Waals surface area contributed by atoms with Crippen LogP contribution in [0.3, 0.4) is 0 Å². The summed E-state index contributed by atoms with van der Waals surface area (Å²) in [5, 5.41) is 10.7. The van der Waals surface area contributed by atoms with Crippen molar-refractivity contribution in [2.45, 2.75) is 44.9 Å². The second-order valence-electron chi connectivity index (χ2n) is 6.42. The average molecular weight is 343 g/mol. The first-order valence-corrected chi connectivity index (χ1v) is 9.49. The zero-order chi connectivity index (χ0) is 17.4. The molecule has 1 aliphatic rings. The molecule has 1 aliphatic heterocycles. The predicted octanol–water partition coefficient (Wildman–Crippen LogP) is 1.94. The van der Waals surface area contributed by atoms with Crippen molar-refractivity contribution in [2.75, 3.05) is 19.9 Å². The van der Waals surface area contributed by atoms with Gasteiger partial charge < -0.3 is 14.6 Å². The molecule has 1 aromatic carbocycles. The summed E-state index contributed by atoms with van der Waals surface area (Å²) in [7, 11) is -2.01. The molecule has 1 N–H and O–H groups in total.